The molecule has 2 N–H and O–H groups in total. The smallest absolute Gasteiger partial charge is 0.321 e. The minimum Gasteiger partial charge on any atom is -0.480 e. The number of sulfonamides is 1. The van der Waals surface area contributed by atoms with Crippen LogP contribution in [0.4, 0.5) is 4.39 Å². The first kappa shape index (κ1) is 14.9. The van der Waals surface area contributed by atoms with Crippen molar-refractivity contribution in [2.24, 2.45) is 0 Å². The molecule has 8 heteroatoms. The van der Waals surface area contributed by atoms with Crippen molar-refractivity contribution in [3.05, 3.63) is 30.1 Å². The average Bonchev–Trinajstić information content (AvgIpc) is 2.28. The predicted octanol–water partition coefficient (Wildman–Crippen LogP) is 0.877. The van der Waals surface area contributed by atoms with E-state index in [1.807, 2.05) is 4.72 Å². The number of thiol groups is 1. The third-order valence-electron chi connectivity index (χ3n) is 2.14. The molecule has 1 aromatic carbocycles. The van der Waals surface area contributed by atoms with Crippen molar-refractivity contribution in [2.45, 2.75) is 17.4 Å². The van der Waals surface area contributed by atoms with Crippen molar-refractivity contribution >= 4 is 28.6 Å². The summed E-state index contributed by atoms with van der Waals surface area (Å²) >= 11 is 3.84. The number of carbonyl (C=O) groups is 1. The number of carboxylic acids is 1. The molecule has 0 aliphatic carbocycles. The molecule has 100 valence electrons. The minimum absolute atomic E-state index is 0.00608. The molecule has 0 saturated heterocycles. The van der Waals surface area contributed by atoms with Gasteiger partial charge in [-0.3, -0.25) is 4.79 Å². The maximum Gasteiger partial charge on any atom is 0.321 e. The first-order chi connectivity index (χ1) is 8.38. The van der Waals surface area contributed by atoms with Crippen molar-refractivity contribution < 1.29 is 22.7 Å². The van der Waals surface area contributed by atoms with E-state index in [-0.39, 0.29) is 12.2 Å². The van der Waals surface area contributed by atoms with Crippen molar-refractivity contribution in [1.82, 2.24) is 4.72 Å². The van der Waals surface area contributed by atoms with Crippen LogP contribution in [0.15, 0.2) is 29.2 Å². The summed E-state index contributed by atoms with van der Waals surface area (Å²) in [4.78, 5) is 10.3. The Morgan fingerprint density at radius 1 is 1.44 bits per heavy atom. The summed E-state index contributed by atoms with van der Waals surface area (Å²) in [5, 5.41) is 8.83. The Kier molecular flexibility index (Phi) is 5.12. The number of benzene rings is 1. The fraction of sp³-hybridized carbons (Fsp3) is 0.300. The van der Waals surface area contributed by atoms with E-state index < -0.39 is 32.7 Å². The fourth-order valence-corrected chi connectivity index (χ4v) is 2.84. The first-order valence-corrected chi connectivity index (χ1v) is 7.10. The van der Waals surface area contributed by atoms with Gasteiger partial charge in [0.05, 0.1) is 0 Å². The molecule has 0 aliphatic heterocycles. The van der Waals surface area contributed by atoms with E-state index in [1.165, 1.54) is 12.1 Å². The molecule has 0 aromatic heterocycles. The normalized spacial score (nSPS) is 13.2. The topological polar surface area (TPSA) is 83.5 Å². The zero-order chi connectivity index (χ0) is 13.8. The van der Waals surface area contributed by atoms with Gasteiger partial charge in [-0.1, -0.05) is 12.1 Å². The Labute approximate surface area is 109 Å². The van der Waals surface area contributed by atoms with Crippen molar-refractivity contribution in [3.8, 4) is 0 Å². The van der Waals surface area contributed by atoms with E-state index in [1.54, 1.807) is 0 Å². The quantitative estimate of drug-likeness (QED) is 0.680. The summed E-state index contributed by atoms with van der Waals surface area (Å²) in [5.74, 6) is -2.07. The van der Waals surface area contributed by atoms with Crippen LogP contribution in [0.3, 0.4) is 0 Å². The van der Waals surface area contributed by atoms with Crippen LogP contribution in [0, 0.1) is 5.82 Å². The lowest BCUT2D eigenvalue weighted by molar-refractivity contribution is -0.139. The maximum absolute atomic E-state index is 13.3. The second kappa shape index (κ2) is 6.17. The Bertz CT molecular complexity index is 532. The highest BCUT2D eigenvalue weighted by Crippen LogP contribution is 2.14. The molecule has 0 radical (unpaired) electrons. The van der Waals surface area contributed by atoms with Gasteiger partial charge in [0.2, 0.25) is 10.0 Å². The molecule has 18 heavy (non-hydrogen) atoms. The van der Waals surface area contributed by atoms with Crippen LogP contribution in [0.5, 0.6) is 0 Å². The van der Waals surface area contributed by atoms with Gasteiger partial charge in [0.15, 0.2) is 0 Å². The summed E-state index contributed by atoms with van der Waals surface area (Å²) in [7, 11) is -4.20. The van der Waals surface area contributed by atoms with Gasteiger partial charge < -0.3 is 5.11 Å². The standard InChI is InChI=1S/C10H12FNO4S2/c11-7-3-1-2-4-9(7)18(15,16)12-8(5-6-17)10(13)14/h1-4,8,12,17H,5-6H2,(H,13,14). The maximum atomic E-state index is 13.3. The molecular weight excluding hydrogens is 281 g/mol. The Morgan fingerprint density at radius 2 is 2.06 bits per heavy atom. The van der Waals surface area contributed by atoms with E-state index in [0.29, 0.717) is 0 Å². The average molecular weight is 293 g/mol. The molecule has 5 nitrogen and oxygen atoms in total. The Balaban J connectivity index is 3.01. The zero-order valence-electron chi connectivity index (χ0n) is 9.21. The van der Waals surface area contributed by atoms with Crippen LogP contribution in [0.1, 0.15) is 6.42 Å². The zero-order valence-corrected chi connectivity index (χ0v) is 10.9. The molecule has 0 bridgehead atoms. The van der Waals surface area contributed by atoms with E-state index in [2.05, 4.69) is 12.6 Å². The first-order valence-electron chi connectivity index (χ1n) is 4.99. The van der Waals surface area contributed by atoms with Crippen LogP contribution < -0.4 is 4.72 Å². The number of rotatable bonds is 6. The van der Waals surface area contributed by atoms with E-state index in [9.17, 15) is 17.6 Å². The molecule has 0 saturated carbocycles. The minimum atomic E-state index is -4.20. The second-order valence-electron chi connectivity index (χ2n) is 3.45. The van der Waals surface area contributed by atoms with Crippen molar-refractivity contribution in [2.75, 3.05) is 5.75 Å². The van der Waals surface area contributed by atoms with Gasteiger partial charge in [-0.25, -0.2) is 12.8 Å². The number of halogens is 1. The monoisotopic (exact) mass is 293 g/mol. The molecule has 1 unspecified atom stereocenters. The Morgan fingerprint density at radius 3 is 2.56 bits per heavy atom. The lowest BCUT2D eigenvalue weighted by Gasteiger charge is -2.13. The SMILES string of the molecule is O=C(O)C(CCS)NS(=O)(=O)c1ccccc1F. The largest absolute Gasteiger partial charge is 0.480 e. The van der Waals surface area contributed by atoms with Gasteiger partial charge in [-0.15, -0.1) is 0 Å². The van der Waals surface area contributed by atoms with Crippen molar-refractivity contribution in [3.63, 3.8) is 0 Å². The van der Waals surface area contributed by atoms with E-state index in [4.69, 9.17) is 5.11 Å². The highest BCUT2D eigenvalue weighted by atomic mass is 32.2. The lowest BCUT2D eigenvalue weighted by Crippen LogP contribution is -2.41. The molecule has 0 fully saturated rings. The van der Waals surface area contributed by atoms with Crippen LogP contribution in [0.2, 0.25) is 0 Å². The molecule has 0 heterocycles. The lowest BCUT2D eigenvalue weighted by atomic mass is 10.2. The third kappa shape index (κ3) is 3.69. The summed E-state index contributed by atoms with van der Waals surface area (Å²) in [5.41, 5.74) is 0. The van der Waals surface area contributed by atoms with E-state index >= 15 is 0 Å². The summed E-state index contributed by atoms with van der Waals surface area (Å²) in [6.45, 7) is 0. The fourth-order valence-electron chi connectivity index (χ4n) is 1.28. The number of hydrogen-bond acceptors (Lipinski definition) is 4. The van der Waals surface area contributed by atoms with Gasteiger partial charge in [-0.05, 0) is 24.3 Å². The third-order valence-corrected chi connectivity index (χ3v) is 3.90. The van der Waals surface area contributed by atoms with Gasteiger partial charge in [0.25, 0.3) is 0 Å². The molecule has 0 aliphatic rings. The van der Waals surface area contributed by atoms with Gasteiger partial charge in [0.1, 0.15) is 16.8 Å². The highest BCUT2D eigenvalue weighted by molar-refractivity contribution is 7.89. The molecule has 1 aromatic rings. The van der Waals surface area contributed by atoms with Crippen LogP contribution in [-0.4, -0.2) is 31.3 Å². The number of hydrogen-bond donors (Lipinski definition) is 3. The van der Waals surface area contributed by atoms with Crippen LogP contribution in [0.25, 0.3) is 0 Å². The van der Waals surface area contributed by atoms with Crippen LogP contribution in [-0.2, 0) is 14.8 Å². The van der Waals surface area contributed by atoms with Crippen molar-refractivity contribution in [1.29, 1.82) is 0 Å². The Hall–Kier alpha value is -1.12. The van der Waals surface area contributed by atoms with Gasteiger partial charge in [0, 0.05) is 0 Å². The number of nitrogens with one attached hydrogen (secondary N) is 1. The summed E-state index contributed by atoms with van der Waals surface area (Å²) in [6, 6.07) is 3.43. The predicted molar refractivity (Wildman–Crippen MR) is 66.6 cm³/mol. The number of aliphatic carboxylic acids is 1. The molecule has 0 spiro atoms. The molecule has 0 amide bonds. The van der Waals surface area contributed by atoms with Gasteiger partial charge >= 0.3 is 5.97 Å². The highest BCUT2D eigenvalue weighted by Gasteiger charge is 2.26. The summed E-state index contributed by atoms with van der Waals surface area (Å²) in [6.07, 6.45) is 0.00608. The molecule has 1 atom stereocenters. The van der Waals surface area contributed by atoms with E-state index in [0.717, 1.165) is 12.1 Å². The van der Waals surface area contributed by atoms with Crippen LogP contribution >= 0.6 is 12.6 Å². The number of carboxylic acid groups (broad SMARTS) is 1. The van der Waals surface area contributed by atoms with Gasteiger partial charge in [-0.2, -0.15) is 17.4 Å². The second-order valence-corrected chi connectivity index (χ2v) is 5.58. The molecule has 1 rings (SSSR count). The summed E-state index contributed by atoms with van der Waals surface area (Å²) < 4.78 is 38.9. The molecular formula is C10H12FNO4S2.